The molecule has 0 unspecified atom stereocenters. The van der Waals surface area contributed by atoms with E-state index >= 15 is 0 Å². The largest absolute Gasteiger partial charge is 0.465 e. The van der Waals surface area contributed by atoms with Crippen molar-refractivity contribution in [1.29, 1.82) is 0 Å². The molecular formula is C14H16BrNO2S. The van der Waals surface area contributed by atoms with Gasteiger partial charge in [0.25, 0.3) is 0 Å². The van der Waals surface area contributed by atoms with Crippen LogP contribution >= 0.6 is 27.7 Å². The van der Waals surface area contributed by atoms with Crippen LogP contribution in [0, 0.1) is 0 Å². The Bertz CT molecular complexity index is 607. The van der Waals surface area contributed by atoms with Gasteiger partial charge in [-0.2, -0.15) is 0 Å². The van der Waals surface area contributed by atoms with E-state index in [-0.39, 0.29) is 5.97 Å². The lowest BCUT2D eigenvalue weighted by Crippen LogP contribution is -2.29. The van der Waals surface area contributed by atoms with Crippen LogP contribution in [0.1, 0.15) is 20.8 Å². The molecule has 0 fully saturated rings. The van der Waals surface area contributed by atoms with Crippen molar-refractivity contribution in [3.05, 3.63) is 28.9 Å². The number of hydrogen-bond acceptors (Lipinski definition) is 3. The fourth-order valence-corrected chi connectivity index (χ4v) is 3.37. The number of hydrogen-bond donors (Lipinski definition) is 1. The Kier molecular flexibility index (Phi) is 4.26. The summed E-state index contributed by atoms with van der Waals surface area (Å²) in [5, 5.41) is 1.13. The van der Waals surface area contributed by atoms with Gasteiger partial charge >= 0.3 is 5.97 Å². The number of thioether (sulfide) groups is 1. The zero-order chi connectivity index (χ0) is 14.0. The number of nitrogens with one attached hydrogen (secondary N) is 1. The van der Waals surface area contributed by atoms with Gasteiger partial charge in [0.1, 0.15) is 4.75 Å². The quantitative estimate of drug-likeness (QED) is 0.663. The van der Waals surface area contributed by atoms with Gasteiger partial charge in [0.05, 0.1) is 6.61 Å². The molecule has 1 heterocycles. The number of halogens is 1. The van der Waals surface area contributed by atoms with Gasteiger partial charge in [-0.25, -0.2) is 0 Å². The van der Waals surface area contributed by atoms with E-state index < -0.39 is 4.75 Å². The highest BCUT2D eigenvalue weighted by atomic mass is 79.9. The molecule has 19 heavy (non-hydrogen) atoms. The predicted molar refractivity (Wildman–Crippen MR) is 82.6 cm³/mol. The second kappa shape index (κ2) is 5.59. The first-order chi connectivity index (χ1) is 8.94. The average Bonchev–Trinajstić information content (AvgIpc) is 2.76. The molecule has 2 rings (SSSR count). The minimum atomic E-state index is -0.609. The smallest absolute Gasteiger partial charge is 0.321 e. The van der Waals surface area contributed by atoms with Crippen LogP contribution in [0.3, 0.4) is 0 Å². The van der Waals surface area contributed by atoms with E-state index in [1.807, 2.05) is 39.1 Å². The fourth-order valence-electron chi connectivity index (χ4n) is 1.75. The Morgan fingerprint density at radius 1 is 1.47 bits per heavy atom. The van der Waals surface area contributed by atoms with Crippen molar-refractivity contribution >= 4 is 44.6 Å². The second-order valence-corrected chi connectivity index (χ2v) is 7.20. The molecule has 3 nitrogen and oxygen atoms in total. The van der Waals surface area contributed by atoms with Crippen molar-refractivity contribution in [3.63, 3.8) is 0 Å². The normalized spacial score (nSPS) is 11.8. The summed E-state index contributed by atoms with van der Waals surface area (Å²) in [4.78, 5) is 16.1. The Morgan fingerprint density at radius 2 is 2.21 bits per heavy atom. The predicted octanol–water partition coefficient (Wildman–Crippen LogP) is 4.36. The minimum Gasteiger partial charge on any atom is -0.465 e. The standard InChI is InChI=1S/C14H16BrNO2S/c1-4-18-13(17)14(2,3)19-12-7-9-5-6-16-11(9)8-10(12)15/h5-8,16H,4H2,1-3H3. The van der Waals surface area contributed by atoms with Crippen LogP contribution in [0.15, 0.2) is 33.8 Å². The van der Waals surface area contributed by atoms with Crippen LogP contribution in [-0.4, -0.2) is 22.3 Å². The third-order valence-corrected chi connectivity index (χ3v) is 4.89. The van der Waals surface area contributed by atoms with Crippen molar-refractivity contribution in [3.8, 4) is 0 Å². The van der Waals surface area contributed by atoms with Crippen LogP contribution in [0.5, 0.6) is 0 Å². The summed E-state index contributed by atoms with van der Waals surface area (Å²) in [5.74, 6) is -0.193. The van der Waals surface area contributed by atoms with Crippen molar-refractivity contribution in [2.45, 2.75) is 30.4 Å². The van der Waals surface area contributed by atoms with Crippen molar-refractivity contribution in [2.24, 2.45) is 0 Å². The number of H-pyrrole nitrogens is 1. The number of esters is 1. The summed E-state index contributed by atoms with van der Waals surface area (Å²) >= 11 is 5.05. The lowest BCUT2D eigenvalue weighted by Gasteiger charge is -2.22. The average molecular weight is 342 g/mol. The number of aromatic amines is 1. The zero-order valence-electron chi connectivity index (χ0n) is 11.1. The number of rotatable bonds is 4. The third kappa shape index (κ3) is 3.15. The SMILES string of the molecule is CCOC(=O)C(C)(C)Sc1cc2cc[nH]c2cc1Br. The van der Waals surface area contributed by atoms with E-state index in [0.717, 1.165) is 20.3 Å². The molecule has 0 aliphatic rings. The summed E-state index contributed by atoms with van der Waals surface area (Å²) in [6, 6.07) is 6.11. The maximum absolute atomic E-state index is 11.9. The summed E-state index contributed by atoms with van der Waals surface area (Å²) in [5.41, 5.74) is 1.07. The highest BCUT2D eigenvalue weighted by Gasteiger charge is 2.31. The first kappa shape index (κ1) is 14.5. The van der Waals surface area contributed by atoms with Gasteiger partial charge < -0.3 is 9.72 Å². The molecule has 0 atom stereocenters. The molecule has 0 amide bonds. The minimum absolute atomic E-state index is 0.193. The van der Waals surface area contributed by atoms with Gasteiger partial charge in [0, 0.05) is 26.5 Å². The van der Waals surface area contributed by atoms with Gasteiger partial charge in [-0.15, -0.1) is 11.8 Å². The molecule has 0 aliphatic carbocycles. The summed E-state index contributed by atoms with van der Waals surface area (Å²) in [6.45, 7) is 5.98. The molecule has 0 saturated carbocycles. The van der Waals surface area contributed by atoms with Gasteiger partial charge in [-0.1, -0.05) is 0 Å². The van der Waals surface area contributed by atoms with Gasteiger partial charge in [0.15, 0.2) is 0 Å². The number of carbonyl (C=O) groups excluding carboxylic acids is 1. The third-order valence-electron chi connectivity index (χ3n) is 2.74. The number of carbonyl (C=O) groups is 1. The number of ether oxygens (including phenoxy) is 1. The monoisotopic (exact) mass is 341 g/mol. The molecule has 2 aromatic rings. The van der Waals surface area contributed by atoms with E-state index in [4.69, 9.17) is 4.74 Å². The van der Waals surface area contributed by atoms with E-state index in [0.29, 0.717) is 6.61 Å². The molecule has 0 spiro atoms. The zero-order valence-corrected chi connectivity index (χ0v) is 13.5. The molecule has 5 heteroatoms. The maximum Gasteiger partial charge on any atom is 0.321 e. The van der Waals surface area contributed by atoms with Crippen molar-refractivity contribution in [1.82, 2.24) is 4.98 Å². The molecule has 1 aromatic carbocycles. The lowest BCUT2D eigenvalue weighted by atomic mass is 10.2. The molecule has 1 aromatic heterocycles. The van der Waals surface area contributed by atoms with E-state index in [2.05, 4.69) is 27.0 Å². The van der Waals surface area contributed by atoms with Crippen molar-refractivity contribution < 1.29 is 9.53 Å². The molecule has 102 valence electrons. The Morgan fingerprint density at radius 3 is 2.89 bits per heavy atom. The number of benzene rings is 1. The Labute approximate surface area is 125 Å². The van der Waals surface area contributed by atoms with Crippen LogP contribution < -0.4 is 0 Å². The van der Waals surface area contributed by atoms with Gasteiger partial charge in [-0.3, -0.25) is 4.79 Å². The van der Waals surface area contributed by atoms with Gasteiger partial charge in [-0.05, 0) is 54.9 Å². The van der Waals surface area contributed by atoms with Crippen LogP contribution in [0.2, 0.25) is 0 Å². The van der Waals surface area contributed by atoms with E-state index in [1.165, 1.54) is 11.8 Å². The molecule has 0 bridgehead atoms. The second-order valence-electron chi connectivity index (χ2n) is 4.68. The van der Waals surface area contributed by atoms with Crippen LogP contribution in [0.25, 0.3) is 10.9 Å². The molecule has 1 N–H and O–H groups in total. The molecular weight excluding hydrogens is 326 g/mol. The first-order valence-electron chi connectivity index (χ1n) is 6.07. The molecule has 0 aliphatic heterocycles. The molecule has 0 radical (unpaired) electrons. The first-order valence-corrected chi connectivity index (χ1v) is 7.68. The Balaban J connectivity index is 2.29. The number of fused-ring (bicyclic) bond motifs is 1. The summed E-state index contributed by atoms with van der Waals surface area (Å²) in [7, 11) is 0. The van der Waals surface area contributed by atoms with Crippen LogP contribution in [0.4, 0.5) is 0 Å². The highest BCUT2D eigenvalue weighted by molar-refractivity contribution is 9.10. The lowest BCUT2D eigenvalue weighted by molar-refractivity contribution is -0.145. The van der Waals surface area contributed by atoms with Crippen molar-refractivity contribution in [2.75, 3.05) is 6.61 Å². The maximum atomic E-state index is 11.9. The topological polar surface area (TPSA) is 42.1 Å². The van der Waals surface area contributed by atoms with E-state index in [1.54, 1.807) is 0 Å². The van der Waals surface area contributed by atoms with Gasteiger partial charge in [0.2, 0.25) is 0 Å². The fraction of sp³-hybridized carbons (Fsp3) is 0.357. The number of aromatic nitrogens is 1. The summed E-state index contributed by atoms with van der Waals surface area (Å²) < 4.78 is 5.48. The molecule has 0 saturated heterocycles. The highest BCUT2D eigenvalue weighted by Crippen LogP contribution is 2.39. The summed E-state index contributed by atoms with van der Waals surface area (Å²) in [6.07, 6.45) is 1.90. The Hall–Kier alpha value is -0.940. The van der Waals surface area contributed by atoms with E-state index in [9.17, 15) is 4.79 Å². The van der Waals surface area contributed by atoms with Crippen LogP contribution in [-0.2, 0) is 9.53 Å².